The average molecular weight is 429 g/mol. The third-order valence-corrected chi connectivity index (χ3v) is 4.21. The zero-order valence-corrected chi connectivity index (χ0v) is 15.5. The predicted octanol–water partition coefficient (Wildman–Crippen LogP) is 3.15. The van der Waals surface area contributed by atoms with Gasteiger partial charge in [-0.05, 0) is 36.8 Å². The summed E-state index contributed by atoms with van der Waals surface area (Å²) < 4.78 is 12.0. The quantitative estimate of drug-likeness (QED) is 0.436. The van der Waals surface area contributed by atoms with E-state index in [9.17, 15) is 4.21 Å². The molecule has 6 heteroatoms. The Morgan fingerprint density at radius 2 is 1.91 bits per heavy atom. The Bertz CT molecular complexity index is 647. The van der Waals surface area contributed by atoms with E-state index >= 15 is 0 Å². The smallest absolute Gasteiger partial charge is 0.193 e. The van der Waals surface area contributed by atoms with E-state index in [1.165, 1.54) is 0 Å². The van der Waals surface area contributed by atoms with Crippen LogP contribution in [0.1, 0.15) is 5.56 Å². The van der Waals surface area contributed by atoms with Gasteiger partial charge >= 0.3 is 0 Å². The number of nitrogens with zero attached hydrogens (tertiary/aromatic N) is 1. The Morgan fingerprint density at radius 3 is 2.59 bits per heavy atom. The maximum absolute atomic E-state index is 12.0. The first-order valence-electron chi connectivity index (χ1n) is 6.72. The normalized spacial score (nSPS) is 12.3. The Kier molecular flexibility index (Phi) is 8.11. The van der Waals surface area contributed by atoms with Crippen LogP contribution in [0.3, 0.4) is 0 Å². The molecule has 0 heterocycles. The van der Waals surface area contributed by atoms with Crippen LogP contribution < -0.4 is 11.1 Å². The molecule has 1 atom stereocenters. The van der Waals surface area contributed by atoms with Gasteiger partial charge in [0.05, 0.1) is 17.3 Å². The van der Waals surface area contributed by atoms with Crippen LogP contribution in [0.4, 0.5) is 5.69 Å². The molecule has 2 aromatic rings. The molecule has 0 bridgehead atoms. The van der Waals surface area contributed by atoms with E-state index in [1.807, 2.05) is 61.5 Å². The van der Waals surface area contributed by atoms with Gasteiger partial charge in [-0.15, -0.1) is 24.0 Å². The van der Waals surface area contributed by atoms with Crippen LogP contribution in [0.2, 0.25) is 0 Å². The number of rotatable bonds is 5. The topological polar surface area (TPSA) is 67.5 Å². The number of hydrogen-bond acceptors (Lipinski definition) is 2. The molecule has 0 aromatic heterocycles. The second-order valence-electron chi connectivity index (χ2n) is 4.62. The number of hydrogen-bond donors (Lipinski definition) is 2. The molecule has 4 nitrogen and oxygen atoms in total. The summed E-state index contributed by atoms with van der Waals surface area (Å²) in [4.78, 5) is 5.02. The summed E-state index contributed by atoms with van der Waals surface area (Å²) in [5.41, 5.74) is 7.87. The van der Waals surface area contributed by atoms with E-state index < -0.39 is 10.8 Å². The van der Waals surface area contributed by atoms with Gasteiger partial charge in [0.25, 0.3) is 0 Å². The number of nitrogens with two attached hydrogens (primary N) is 1. The molecule has 22 heavy (non-hydrogen) atoms. The van der Waals surface area contributed by atoms with Gasteiger partial charge in [-0.3, -0.25) is 9.20 Å². The SMILES string of the molecule is Cc1cccc(NC(N)=NCCS(=O)c2ccccc2)c1.I. The fourth-order valence-electron chi connectivity index (χ4n) is 1.85. The molecule has 0 fully saturated rings. The fourth-order valence-corrected chi connectivity index (χ4v) is 2.80. The highest BCUT2D eigenvalue weighted by Crippen LogP contribution is 2.09. The maximum Gasteiger partial charge on any atom is 0.193 e. The van der Waals surface area contributed by atoms with Crippen molar-refractivity contribution in [2.45, 2.75) is 11.8 Å². The number of aliphatic imine (C=N–C) groups is 1. The highest BCUT2D eigenvalue weighted by atomic mass is 127. The van der Waals surface area contributed by atoms with Gasteiger partial charge in [0.2, 0.25) is 0 Å². The molecule has 2 aromatic carbocycles. The molecule has 0 aliphatic rings. The van der Waals surface area contributed by atoms with Crippen LogP contribution in [0.15, 0.2) is 64.5 Å². The molecular weight excluding hydrogens is 409 g/mol. The van der Waals surface area contributed by atoms with Crippen LogP contribution in [0, 0.1) is 6.92 Å². The van der Waals surface area contributed by atoms with Crippen molar-refractivity contribution in [1.29, 1.82) is 0 Å². The van der Waals surface area contributed by atoms with Gasteiger partial charge in [-0.25, -0.2) is 0 Å². The van der Waals surface area contributed by atoms with E-state index in [2.05, 4.69) is 10.3 Å². The van der Waals surface area contributed by atoms with E-state index in [4.69, 9.17) is 5.73 Å². The van der Waals surface area contributed by atoms with Crippen molar-refractivity contribution < 1.29 is 4.21 Å². The standard InChI is InChI=1S/C16H19N3OS.HI/c1-13-6-5-7-14(12-13)19-16(17)18-10-11-21(20)15-8-3-2-4-9-15;/h2-9,12H,10-11H2,1H3,(H3,17,18,19);1H. The average Bonchev–Trinajstić information content (AvgIpc) is 2.48. The molecule has 118 valence electrons. The van der Waals surface area contributed by atoms with Gasteiger partial charge in [0.1, 0.15) is 0 Å². The summed E-state index contributed by atoms with van der Waals surface area (Å²) in [6.45, 7) is 2.44. The zero-order valence-electron chi connectivity index (χ0n) is 12.4. The molecule has 3 N–H and O–H groups in total. The summed E-state index contributed by atoms with van der Waals surface area (Å²) in [6.07, 6.45) is 0. The molecule has 0 saturated heterocycles. The minimum atomic E-state index is -1.04. The van der Waals surface area contributed by atoms with Gasteiger partial charge in [0, 0.05) is 16.3 Å². The van der Waals surface area contributed by atoms with Crippen LogP contribution in [0.5, 0.6) is 0 Å². The van der Waals surface area contributed by atoms with Gasteiger partial charge in [-0.2, -0.15) is 0 Å². The Labute approximate surface area is 150 Å². The van der Waals surface area contributed by atoms with E-state index in [0.717, 1.165) is 16.1 Å². The van der Waals surface area contributed by atoms with Gasteiger partial charge < -0.3 is 11.1 Å². The fraction of sp³-hybridized carbons (Fsp3) is 0.188. The number of halogens is 1. The van der Waals surface area contributed by atoms with Crippen LogP contribution >= 0.6 is 24.0 Å². The molecule has 0 spiro atoms. The molecule has 0 amide bonds. The van der Waals surface area contributed by atoms with Crippen LogP contribution in [0.25, 0.3) is 0 Å². The summed E-state index contributed by atoms with van der Waals surface area (Å²) in [5, 5.41) is 3.03. The summed E-state index contributed by atoms with van der Waals surface area (Å²) in [6, 6.07) is 17.3. The van der Waals surface area contributed by atoms with E-state index in [-0.39, 0.29) is 24.0 Å². The van der Waals surface area contributed by atoms with E-state index in [1.54, 1.807) is 0 Å². The minimum absolute atomic E-state index is 0. The van der Waals surface area contributed by atoms with Crippen molar-refractivity contribution in [3.8, 4) is 0 Å². The second-order valence-corrected chi connectivity index (χ2v) is 6.19. The minimum Gasteiger partial charge on any atom is -0.370 e. The molecule has 0 aliphatic carbocycles. The lowest BCUT2D eigenvalue weighted by atomic mass is 10.2. The van der Waals surface area contributed by atoms with Crippen molar-refractivity contribution in [3.05, 3.63) is 60.2 Å². The molecule has 0 radical (unpaired) electrons. The van der Waals surface area contributed by atoms with Gasteiger partial charge in [0.15, 0.2) is 5.96 Å². The van der Waals surface area contributed by atoms with Gasteiger partial charge in [-0.1, -0.05) is 30.3 Å². The second kappa shape index (κ2) is 9.58. The lowest BCUT2D eigenvalue weighted by Crippen LogP contribution is -2.23. The third-order valence-electron chi connectivity index (χ3n) is 2.86. The molecular formula is C16H20IN3OS. The molecule has 2 rings (SSSR count). The van der Waals surface area contributed by atoms with Crippen molar-refractivity contribution >= 4 is 46.4 Å². The molecule has 0 aliphatic heterocycles. The zero-order chi connectivity index (χ0) is 15.1. The van der Waals surface area contributed by atoms with Crippen LogP contribution in [-0.4, -0.2) is 22.5 Å². The molecule has 0 saturated carbocycles. The third kappa shape index (κ3) is 6.15. The highest BCUT2D eigenvalue weighted by Gasteiger charge is 2.02. The van der Waals surface area contributed by atoms with Crippen molar-refractivity contribution in [3.63, 3.8) is 0 Å². The number of benzene rings is 2. The maximum atomic E-state index is 12.0. The predicted molar refractivity (Wildman–Crippen MR) is 104 cm³/mol. The summed E-state index contributed by atoms with van der Waals surface area (Å²) in [7, 11) is -1.04. The summed E-state index contributed by atoms with van der Waals surface area (Å²) in [5.74, 6) is 0.797. The number of aryl methyl sites for hydroxylation is 1. The Morgan fingerprint density at radius 1 is 1.18 bits per heavy atom. The molecule has 1 unspecified atom stereocenters. The summed E-state index contributed by atoms with van der Waals surface area (Å²) >= 11 is 0. The van der Waals surface area contributed by atoms with Crippen LogP contribution in [-0.2, 0) is 10.8 Å². The Balaban J connectivity index is 0.00000242. The van der Waals surface area contributed by atoms with E-state index in [0.29, 0.717) is 18.3 Å². The van der Waals surface area contributed by atoms with Crippen molar-refractivity contribution in [2.24, 2.45) is 10.7 Å². The number of nitrogens with one attached hydrogen (secondary N) is 1. The largest absolute Gasteiger partial charge is 0.370 e. The monoisotopic (exact) mass is 429 g/mol. The first kappa shape index (κ1) is 18.6. The van der Waals surface area contributed by atoms with Crippen molar-refractivity contribution in [2.75, 3.05) is 17.6 Å². The Hall–Kier alpha value is -1.41. The number of anilines is 1. The lowest BCUT2D eigenvalue weighted by Gasteiger charge is -2.06. The number of guanidine groups is 1. The highest BCUT2D eigenvalue weighted by molar-refractivity contribution is 14.0. The first-order chi connectivity index (χ1) is 10.1. The van der Waals surface area contributed by atoms with Crippen molar-refractivity contribution in [1.82, 2.24) is 0 Å². The lowest BCUT2D eigenvalue weighted by molar-refractivity contribution is 0.683. The first-order valence-corrected chi connectivity index (χ1v) is 8.04.